The average Bonchev–Trinajstić information content (AvgIpc) is 2.60. The van der Waals surface area contributed by atoms with Crippen LogP contribution >= 0.6 is 11.8 Å². The van der Waals surface area contributed by atoms with E-state index in [1.54, 1.807) is 0 Å². The number of halogens is 3. The summed E-state index contributed by atoms with van der Waals surface area (Å²) in [5.74, 6) is 0. The SMILES string of the molecule is O=c1[nH]cnc2nc(S/C=C\C(F)(F)F)[nH]c12. The molecule has 2 rings (SSSR count). The highest BCUT2D eigenvalue weighted by atomic mass is 32.2. The molecule has 0 spiro atoms. The molecular formula is C8H5F3N4OS. The second-order valence-electron chi connectivity index (χ2n) is 2.93. The Bertz CT molecular complexity index is 615. The summed E-state index contributed by atoms with van der Waals surface area (Å²) in [6, 6.07) is 0. The van der Waals surface area contributed by atoms with E-state index in [9.17, 15) is 18.0 Å². The van der Waals surface area contributed by atoms with Crippen molar-refractivity contribution in [2.75, 3.05) is 0 Å². The summed E-state index contributed by atoms with van der Waals surface area (Å²) in [4.78, 5) is 23.8. The molecule has 2 N–H and O–H groups in total. The fraction of sp³-hybridized carbons (Fsp3) is 0.125. The summed E-state index contributed by atoms with van der Waals surface area (Å²) < 4.78 is 35.5. The summed E-state index contributed by atoms with van der Waals surface area (Å²) in [5.41, 5.74) is -0.124. The first-order valence-electron chi connectivity index (χ1n) is 4.30. The molecule has 0 aromatic carbocycles. The number of alkyl halides is 3. The Kier molecular flexibility index (Phi) is 2.92. The Hall–Kier alpha value is -1.77. The van der Waals surface area contributed by atoms with E-state index in [4.69, 9.17) is 0 Å². The number of H-pyrrole nitrogens is 2. The highest BCUT2D eigenvalue weighted by Crippen LogP contribution is 2.22. The predicted octanol–water partition coefficient (Wildman–Crippen LogP) is 1.81. The molecule has 0 aliphatic rings. The van der Waals surface area contributed by atoms with Gasteiger partial charge in [-0.15, -0.1) is 0 Å². The Morgan fingerprint density at radius 3 is 2.82 bits per heavy atom. The smallest absolute Gasteiger partial charge is 0.327 e. The summed E-state index contributed by atoms with van der Waals surface area (Å²) in [7, 11) is 0. The fourth-order valence-electron chi connectivity index (χ4n) is 1.05. The van der Waals surface area contributed by atoms with Crippen LogP contribution in [0.15, 0.2) is 27.8 Å². The third kappa shape index (κ3) is 2.87. The van der Waals surface area contributed by atoms with Crippen molar-refractivity contribution in [2.45, 2.75) is 11.3 Å². The van der Waals surface area contributed by atoms with Gasteiger partial charge in [0.2, 0.25) is 0 Å². The van der Waals surface area contributed by atoms with Crippen molar-refractivity contribution in [3.05, 3.63) is 28.2 Å². The summed E-state index contributed by atoms with van der Waals surface area (Å²) in [6.45, 7) is 0. The minimum atomic E-state index is -4.37. The Labute approximate surface area is 96.2 Å². The monoisotopic (exact) mass is 262 g/mol. The molecule has 0 fully saturated rings. The zero-order valence-corrected chi connectivity index (χ0v) is 8.89. The number of rotatable bonds is 2. The molecule has 2 aromatic heterocycles. The predicted molar refractivity (Wildman–Crippen MR) is 55.6 cm³/mol. The van der Waals surface area contributed by atoms with Crippen molar-refractivity contribution in [3.63, 3.8) is 0 Å². The lowest BCUT2D eigenvalue weighted by Crippen LogP contribution is -2.05. The number of nitrogens with one attached hydrogen (secondary N) is 2. The maximum absolute atomic E-state index is 11.8. The molecule has 0 amide bonds. The number of aromatic nitrogens is 4. The molecule has 2 aromatic rings. The molecule has 5 nitrogen and oxygen atoms in total. The van der Waals surface area contributed by atoms with Crippen molar-refractivity contribution in [1.29, 1.82) is 0 Å². The van der Waals surface area contributed by atoms with Gasteiger partial charge in [0, 0.05) is 6.08 Å². The van der Waals surface area contributed by atoms with E-state index in [2.05, 4.69) is 19.9 Å². The minimum absolute atomic E-state index is 0.0858. The lowest BCUT2D eigenvalue weighted by atomic mass is 10.6. The number of allylic oxidation sites excluding steroid dienone is 1. The van der Waals surface area contributed by atoms with Crippen LogP contribution in [0.5, 0.6) is 0 Å². The number of fused-ring (bicyclic) bond motifs is 1. The number of hydrogen-bond acceptors (Lipinski definition) is 4. The van der Waals surface area contributed by atoms with Crippen LogP contribution < -0.4 is 5.56 Å². The van der Waals surface area contributed by atoms with Gasteiger partial charge in [-0.1, -0.05) is 11.8 Å². The van der Waals surface area contributed by atoms with Crippen molar-refractivity contribution in [3.8, 4) is 0 Å². The molecule has 0 radical (unpaired) electrons. The van der Waals surface area contributed by atoms with E-state index >= 15 is 0 Å². The lowest BCUT2D eigenvalue weighted by molar-refractivity contribution is -0.0796. The van der Waals surface area contributed by atoms with Gasteiger partial charge in [-0.05, 0) is 5.41 Å². The first-order chi connectivity index (χ1) is 7.96. The molecule has 0 saturated heterocycles. The van der Waals surface area contributed by atoms with Crippen LogP contribution in [0.25, 0.3) is 11.2 Å². The topological polar surface area (TPSA) is 74.4 Å². The molecular weight excluding hydrogens is 257 g/mol. The molecule has 0 bridgehead atoms. The van der Waals surface area contributed by atoms with E-state index in [0.717, 1.165) is 17.2 Å². The molecule has 17 heavy (non-hydrogen) atoms. The number of thioether (sulfide) groups is 1. The Morgan fingerprint density at radius 2 is 2.18 bits per heavy atom. The summed E-state index contributed by atoms with van der Waals surface area (Å²) in [6.07, 6.45) is -3.11. The van der Waals surface area contributed by atoms with E-state index in [0.29, 0.717) is 0 Å². The largest absolute Gasteiger partial charge is 0.410 e. The van der Waals surface area contributed by atoms with Crippen molar-refractivity contribution in [1.82, 2.24) is 19.9 Å². The third-order valence-corrected chi connectivity index (χ3v) is 2.40. The maximum atomic E-state index is 11.8. The van der Waals surface area contributed by atoms with E-state index < -0.39 is 11.7 Å². The minimum Gasteiger partial charge on any atom is -0.327 e. The standard InChI is InChI=1S/C8H5F3N4OS/c9-8(10,11)1-2-17-7-14-4-5(15-7)12-3-13-6(4)16/h1-3H,(H2,12,13,14,15,16)/b2-1-. The average molecular weight is 262 g/mol. The van der Waals surface area contributed by atoms with Crippen LogP contribution in [0, 0.1) is 0 Å². The van der Waals surface area contributed by atoms with Gasteiger partial charge in [0.1, 0.15) is 0 Å². The molecule has 0 aliphatic carbocycles. The zero-order chi connectivity index (χ0) is 12.5. The normalized spacial score (nSPS) is 12.6. The number of imidazole rings is 1. The van der Waals surface area contributed by atoms with Gasteiger partial charge in [0.05, 0.1) is 6.33 Å². The van der Waals surface area contributed by atoms with Crippen LogP contribution in [0.2, 0.25) is 0 Å². The zero-order valence-electron chi connectivity index (χ0n) is 8.08. The van der Waals surface area contributed by atoms with Crippen LogP contribution in [-0.2, 0) is 0 Å². The lowest BCUT2D eigenvalue weighted by Gasteiger charge is -1.95. The first kappa shape index (κ1) is 11.7. The highest BCUT2D eigenvalue weighted by Gasteiger charge is 2.21. The Morgan fingerprint density at radius 1 is 1.41 bits per heavy atom. The Balaban J connectivity index is 2.24. The number of nitrogens with zero attached hydrogens (tertiary/aromatic N) is 2. The van der Waals surface area contributed by atoms with Crippen LogP contribution in [-0.4, -0.2) is 26.1 Å². The molecule has 90 valence electrons. The molecule has 0 aliphatic heterocycles. The van der Waals surface area contributed by atoms with Gasteiger partial charge >= 0.3 is 6.18 Å². The molecule has 0 atom stereocenters. The van der Waals surface area contributed by atoms with E-state index in [1.165, 1.54) is 6.33 Å². The highest BCUT2D eigenvalue weighted by molar-refractivity contribution is 8.02. The summed E-state index contributed by atoms with van der Waals surface area (Å²) >= 11 is 0.722. The van der Waals surface area contributed by atoms with Gasteiger partial charge in [0.15, 0.2) is 16.3 Å². The molecule has 2 heterocycles. The van der Waals surface area contributed by atoms with Gasteiger partial charge in [-0.25, -0.2) is 9.97 Å². The second-order valence-corrected chi connectivity index (χ2v) is 3.83. The van der Waals surface area contributed by atoms with Gasteiger partial charge in [-0.2, -0.15) is 13.2 Å². The van der Waals surface area contributed by atoms with Crippen molar-refractivity contribution < 1.29 is 13.2 Å². The maximum Gasteiger partial charge on any atom is 0.410 e. The van der Waals surface area contributed by atoms with Crippen LogP contribution in [0.3, 0.4) is 0 Å². The van der Waals surface area contributed by atoms with E-state index in [1.807, 2.05) is 0 Å². The van der Waals surface area contributed by atoms with Crippen molar-refractivity contribution >= 4 is 22.9 Å². The quantitative estimate of drug-likeness (QED) is 0.809. The van der Waals surface area contributed by atoms with Gasteiger partial charge in [0.25, 0.3) is 5.56 Å². The van der Waals surface area contributed by atoms with Gasteiger partial charge in [-0.3, -0.25) is 4.79 Å². The van der Waals surface area contributed by atoms with Crippen molar-refractivity contribution in [2.24, 2.45) is 0 Å². The molecule has 0 saturated carbocycles. The molecule has 0 unspecified atom stereocenters. The van der Waals surface area contributed by atoms with Crippen LogP contribution in [0.4, 0.5) is 13.2 Å². The van der Waals surface area contributed by atoms with Crippen LogP contribution in [0.1, 0.15) is 0 Å². The third-order valence-electron chi connectivity index (χ3n) is 1.71. The van der Waals surface area contributed by atoms with E-state index in [-0.39, 0.29) is 22.4 Å². The number of hydrogen-bond donors (Lipinski definition) is 2. The summed E-state index contributed by atoms with van der Waals surface area (Å²) in [5, 5.41) is 1.01. The first-order valence-corrected chi connectivity index (χ1v) is 5.18. The van der Waals surface area contributed by atoms with Gasteiger partial charge < -0.3 is 9.97 Å². The second kappa shape index (κ2) is 4.24. The number of aromatic amines is 2. The molecule has 9 heteroatoms. The fourth-order valence-corrected chi connectivity index (χ4v) is 1.70.